The molecule has 2 heteroatoms. The van der Waals surface area contributed by atoms with E-state index in [9.17, 15) is 0 Å². The van der Waals surface area contributed by atoms with E-state index in [1.165, 1.54) is 65.4 Å². The molecule has 0 aliphatic carbocycles. The van der Waals surface area contributed by atoms with Crippen LogP contribution in [0.5, 0.6) is 0 Å². The zero-order valence-electron chi connectivity index (χ0n) is 23.8. The molecule has 0 radical (unpaired) electrons. The molecule has 42 heavy (non-hydrogen) atoms. The van der Waals surface area contributed by atoms with Gasteiger partial charge in [-0.2, -0.15) is 0 Å². The Hall–Kier alpha value is -4.24. The molecular weight excluding hydrogens is 545 g/mol. The largest absolute Gasteiger partial charge is 0.130 e. The van der Waals surface area contributed by atoms with Crippen molar-refractivity contribution in [3.63, 3.8) is 0 Å². The predicted molar refractivity (Wildman–Crippen MR) is 185 cm³/mol. The second kappa shape index (κ2) is 13.2. The molecule has 0 fully saturated rings. The average molecular weight is 577 g/mol. The van der Waals surface area contributed by atoms with Crippen LogP contribution in [-0.2, 0) is 0 Å². The molecule has 0 aliphatic rings. The van der Waals surface area contributed by atoms with Crippen molar-refractivity contribution >= 4 is 34.7 Å². The van der Waals surface area contributed by atoms with Crippen LogP contribution in [0.25, 0.3) is 33.4 Å². The first kappa shape index (κ1) is 27.9. The Morgan fingerprint density at radius 1 is 0.357 bits per heavy atom. The molecule has 6 rings (SSSR count). The van der Waals surface area contributed by atoms with Gasteiger partial charge in [0.25, 0.3) is 0 Å². The summed E-state index contributed by atoms with van der Waals surface area (Å²) in [4.78, 5) is 2.53. The topological polar surface area (TPSA) is 0 Å². The minimum absolute atomic E-state index is 1.19. The van der Waals surface area contributed by atoms with Crippen LogP contribution in [0.4, 0.5) is 0 Å². The van der Waals surface area contributed by atoms with Crippen molar-refractivity contribution in [3.8, 4) is 22.3 Å². The first-order valence-electron chi connectivity index (χ1n) is 14.1. The summed E-state index contributed by atoms with van der Waals surface area (Å²) < 4.78 is 0. The van der Waals surface area contributed by atoms with Crippen molar-refractivity contribution in [1.82, 2.24) is 0 Å². The van der Waals surface area contributed by atoms with E-state index in [0.29, 0.717) is 0 Å². The van der Waals surface area contributed by atoms with Crippen LogP contribution in [0.2, 0.25) is 0 Å². The molecule has 0 amide bonds. The van der Waals surface area contributed by atoms with Gasteiger partial charge in [-0.3, -0.25) is 0 Å². The molecular formula is C40H32S2. The van der Waals surface area contributed by atoms with E-state index in [4.69, 9.17) is 0 Å². The smallest absolute Gasteiger partial charge is 0.00695 e. The third-order valence-corrected chi connectivity index (χ3v) is 9.06. The molecule has 0 aliphatic heterocycles. The molecule has 0 saturated carbocycles. The second-order valence-electron chi connectivity index (χ2n) is 10.0. The molecule has 0 atom stereocenters. The van der Waals surface area contributed by atoms with Crippen molar-refractivity contribution in [2.45, 2.75) is 9.79 Å². The molecule has 0 saturated heterocycles. The highest BCUT2D eigenvalue weighted by molar-refractivity contribution is 7.98. The minimum atomic E-state index is 1.19. The Bertz CT molecular complexity index is 1660. The van der Waals surface area contributed by atoms with Gasteiger partial charge in [0.05, 0.1) is 0 Å². The summed E-state index contributed by atoms with van der Waals surface area (Å²) in [7, 11) is 0. The second-order valence-corrected chi connectivity index (χ2v) is 11.8. The van der Waals surface area contributed by atoms with E-state index in [1.807, 2.05) is 0 Å². The predicted octanol–water partition coefficient (Wildman–Crippen LogP) is 11.5. The Morgan fingerprint density at radius 2 is 0.690 bits per heavy atom. The van der Waals surface area contributed by atoms with Crippen LogP contribution in [-0.4, -0.2) is 12.5 Å². The van der Waals surface area contributed by atoms with Gasteiger partial charge in [-0.15, -0.1) is 23.5 Å². The number of rotatable bonds is 8. The quantitative estimate of drug-likeness (QED) is 0.131. The zero-order chi connectivity index (χ0) is 28.7. The summed E-state index contributed by atoms with van der Waals surface area (Å²) in [6, 6.07) is 57.2. The Morgan fingerprint density at radius 3 is 1.05 bits per heavy atom. The highest BCUT2D eigenvalue weighted by Gasteiger charge is 2.21. The highest BCUT2D eigenvalue weighted by Crippen LogP contribution is 2.43. The van der Waals surface area contributed by atoms with E-state index in [1.54, 1.807) is 23.5 Å². The fourth-order valence-electron chi connectivity index (χ4n) is 5.53. The normalized spacial score (nSPS) is 11.7. The molecule has 204 valence electrons. The summed E-state index contributed by atoms with van der Waals surface area (Å²) in [6.45, 7) is 0. The molecule has 0 N–H and O–H groups in total. The van der Waals surface area contributed by atoms with E-state index in [2.05, 4.69) is 170 Å². The molecule has 0 spiro atoms. The Balaban J connectivity index is 1.70. The molecule has 0 nitrogen and oxygen atoms in total. The zero-order valence-corrected chi connectivity index (χ0v) is 25.5. The van der Waals surface area contributed by atoms with E-state index in [-0.39, 0.29) is 0 Å². The van der Waals surface area contributed by atoms with E-state index >= 15 is 0 Å². The van der Waals surface area contributed by atoms with Gasteiger partial charge in [0, 0.05) is 9.79 Å². The molecule has 0 aromatic heterocycles. The molecule has 0 heterocycles. The monoisotopic (exact) mass is 576 g/mol. The number of benzene rings is 6. The maximum absolute atomic E-state index is 2.28. The van der Waals surface area contributed by atoms with Crippen molar-refractivity contribution in [2.75, 3.05) is 12.5 Å². The van der Waals surface area contributed by atoms with Crippen molar-refractivity contribution in [2.24, 2.45) is 0 Å². The van der Waals surface area contributed by atoms with Gasteiger partial charge in [-0.25, -0.2) is 0 Å². The van der Waals surface area contributed by atoms with Crippen molar-refractivity contribution in [1.29, 1.82) is 0 Å². The average Bonchev–Trinajstić information content (AvgIpc) is 3.08. The summed E-state index contributed by atoms with van der Waals surface area (Å²) in [5.74, 6) is 0. The fourth-order valence-corrected chi connectivity index (χ4v) is 6.34. The van der Waals surface area contributed by atoms with E-state index < -0.39 is 0 Å². The van der Waals surface area contributed by atoms with E-state index in [0.717, 1.165) is 0 Å². The van der Waals surface area contributed by atoms with Crippen LogP contribution >= 0.6 is 23.5 Å². The molecule has 6 aromatic rings. The van der Waals surface area contributed by atoms with Gasteiger partial charge in [-0.1, -0.05) is 133 Å². The minimum Gasteiger partial charge on any atom is -0.130 e. The van der Waals surface area contributed by atoms with Gasteiger partial charge < -0.3 is 0 Å². The van der Waals surface area contributed by atoms with Gasteiger partial charge in [0.2, 0.25) is 0 Å². The van der Waals surface area contributed by atoms with Crippen LogP contribution < -0.4 is 0 Å². The lowest BCUT2D eigenvalue weighted by molar-refractivity contribution is 1.44. The third kappa shape index (κ3) is 5.87. The van der Waals surface area contributed by atoms with Gasteiger partial charge in [-0.05, 0) is 92.4 Å². The lowest BCUT2D eigenvalue weighted by atomic mass is 9.81. The highest BCUT2D eigenvalue weighted by atomic mass is 32.2. The van der Waals surface area contributed by atoms with Gasteiger partial charge >= 0.3 is 0 Å². The maximum Gasteiger partial charge on any atom is 0.00695 e. The van der Waals surface area contributed by atoms with Crippen molar-refractivity contribution in [3.05, 3.63) is 180 Å². The summed E-state index contributed by atoms with van der Waals surface area (Å²) >= 11 is 3.54. The Kier molecular flexibility index (Phi) is 8.75. The lowest BCUT2D eigenvalue weighted by Crippen LogP contribution is -2.01. The standard InChI is InChI=1S/C40H32S2/c1-41-33-25-21-29(22-26-33)35-17-9-11-19-37(35)39(31-13-5-3-6-14-31)40(32-15-7-4-8-16-32)38-20-12-10-18-36(38)30-23-27-34(42-2)28-24-30/h3-28H,1-2H3/b40-39-. The van der Waals surface area contributed by atoms with Crippen LogP contribution in [0.15, 0.2) is 168 Å². The molecule has 0 bridgehead atoms. The fraction of sp³-hybridized carbons (Fsp3) is 0.0500. The SMILES string of the molecule is CSc1ccc(-c2ccccc2/C(=C(/c2ccccc2)c2ccccc2-c2ccc(SC)cc2)c2ccccc2)cc1. The third-order valence-electron chi connectivity index (χ3n) is 7.57. The summed E-state index contributed by atoms with van der Waals surface area (Å²) in [6.07, 6.45) is 4.24. The molecule has 6 aromatic carbocycles. The first-order valence-corrected chi connectivity index (χ1v) is 16.5. The number of hydrogen-bond acceptors (Lipinski definition) is 2. The van der Waals surface area contributed by atoms with Crippen LogP contribution in [0.3, 0.4) is 0 Å². The maximum atomic E-state index is 2.28. The van der Waals surface area contributed by atoms with Crippen molar-refractivity contribution < 1.29 is 0 Å². The first-order chi connectivity index (χ1) is 20.8. The number of thioether (sulfide) groups is 2. The molecule has 0 unspecified atom stereocenters. The van der Waals surface area contributed by atoms with Gasteiger partial charge in [0.1, 0.15) is 0 Å². The Labute approximate surface area is 258 Å². The summed E-state index contributed by atoms with van der Waals surface area (Å²) in [5, 5.41) is 0. The van der Waals surface area contributed by atoms with Gasteiger partial charge in [0.15, 0.2) is 0 Å². The van der Waals surface area contributed by atoms with Crippen LogP contribution in [0, 0.1) is 0 Å². The summed E-state index contributed by atoms with van der Waals surface area (Å²) in [5.41, 5.74) is 12.1. The van der Waals surface area contributed by atoms with Crippen LogP contribution in [0.1, 0.15) is 22.3 Å². The lowest BCUT2D eigenvalue weighted by Gasteiger charge is -2.22. The number of hydrogen-bond donors (Lipinski definition) is 0.